The normalized spacial score (nSPS) is 12.2. The number of thiophene rings is 1. The molecular formula is C24H25N5OS2. The highest BCUT2D eigenvalue weighted by atomic mass is 32.1. The monoisotopic (exact) mass is 463 g/mol. The molecule has 0 fully saturated rings. The summed E-state index contributed by atoms with van der Waals surface area (Å²) in [6.45, 7) is 6.79. The molecule has 1 aromatic carbocycles. The second kappa shape index (κ2) is 9.25. The fourth-order valence-corrected chi connectivity index (χ4v) is 5.46. The van der Waals surface area contributed by atoms with Crippen LogP contribution in [0.4, 0.5) is 5.82 Å². The molecule has 0 spiro atoms. The number of hydrogen-bond donors (Lipinski definition) is 1. The minimum absolute atomic E-state index is 0.00466. The van der Waals surface area contributed by atoms with Crippen molar-refractivity contribution in [3.05, 3.63) is 68.5 Å². The number of carbonyl (C=O) groups excluding carboxylic acids is 1. The third-order valence-corrected chi connectivity index (χ3v) is 7.88. The number of carbonyl (C=O) groups is 1. The number of aromatic nitrogens is 2. The number of amides is 1. The van der Waals surface area contributed by atoms with Crippen LogP contribution in [-0.2, 0) is 11.3 Å². The number of rotatable bonds is 7. The van der Waals surface area contributed by atoms with Crippen molar-refractivity contribution in [2.45, 2.75) is 33.4 Å². The zero-order chi connectivity index (χ0) is 22.8. The molecular weight excluding hydrogens is 438 g/mol. The number of thiazole rings is 1. The molecule has 1 unspecified atom stereocenters. The van der Waals surface area contributed by atoms with Crippen LogP contribution in [0, 0.1) is 25.2 Å². The van der Waals surface area contributed by atoms with Crippen LogP contribution in [0.25, 0.3) is 10.2 Å². The van der Waals surface area contributed by atoms with Gasteiger partial charge in [0, 0.05) is 10.6 Å². The number of nitrogens with one attached hydrogen (secondary N) is 1. The Morgan fingerprint density at radius 1 is 1.28 bits per heavy atom. The first kappa shape index (κ1) is 22.2. The maximum absolute atomic E-state index is 13.0. The Morgan fingerprint density at radius 3 is 2.75 bits per heavy atom. The van der Waals surface area contributed by atoms with E-state index >= 15 is 0 Å². The van der Waals surface area contributed by atoms with Crippen LogP contribution in [0.2, 0.25) is 0 Å². The highest BCUT2D eigenvalue weighted by molar-refractivity contribution is 7.18. The van der Waals surface area contributed by atoms with E-state index in [1.807, 2.05) is 60.0 Å². The molecule has 164 valence electrons. The molecule has 1 N–H and O–H groups in total. The van der Waals surface area contributed by atoms with Gasteiger partial charge in [0.25, 0.3) is 0 Å². The van der Waals surface area contributed by atoms with Gasteiger partial charge in [0.1, 0.15) is 16.9 Å². The lowest BCUT2D eigenvalue weighted by Gasteiger charge is -2.22. The lowest BCUT2D eigenvalue weighted by molar-refractivity contribution is -0.117. The summed E-state index contributed by atoms with van der Waals surface area (Å²) in [5.74, 6) is 0.420. The Kier molecular flexibility index (Phi) is 6.42. The molecule has 1 amide bonds. The van der Waals surface area contributed by atoms with E-state index in [2.05, 4.69) is 30.4 Å². The summed E-state index contributed by atoms with van der Waals surface area (Å²) in [4.78, 5) is 20.9. The van der Waals surface area contributed by atoms with Gasteiger partial charge in [0.2, 0.25) is 5.91 Å². The molecule has 3 heterocycles. The molecule has 0 aliphatic rings. The van der Waals surface area contributed by atoms with Crippen molar-refractivity contribution in [3.63, 3.8) is 0 Å². The average molecular weight is 464 g/mol. The second-order valence-electron chi connectivity index (χ2n) is 7.87. The number of hydrogen-bond acceptors (Lipinski definition) is 6. The first-order chi connectivity index (χ1) is 15.4. The second-order valence-corrected chi connectivity index (χ2v) is 9.96. The lowest BCUT2D eigenvalue weighted by atomic mass is 10.2. The number of likely N-dealkylation sites (N-methyl/N-ethyl adjacent to an activating group) is 1. The molecule has 0 aliphatic heterocycles. The maximum atomic E-state index is 13.0. The van der Waals surface area contributed by atoms with Crippen LogP contribution in [0.3, 0.4) is 0 Å². The number of nitrogens with zero attached hydrogens (tertiary/aromatic N) is 4. The zero-order valence-electron chi connectivity index (χ0n) is 18.5. The molecule has 0 radical (unpaired) electrons. The van der Waals surface area contributed by atoms with Gasteiger partial charge in [-0.1, -0.05) is 18.2 Å². The molecule has 0 saturated carbocycles. The lowest BCUT2D eigenvalue weighted by Crippen LogP contribution is -2.33. The van der Waals surface area contributed by atoms with Crippen LogP contribution in [-0.4, -0.2) is 34.0 Å². The number of para-hydroxylation sites is 1. The van der Waals surface area contributed by atoms with E-state index in [4.69, 9.17) is 4.98 Å². The Morgan fingerprint density at radius 2 is 2.06 bits per heavy atom. The molecule has 0 bridgehead atoms. The van der Waals surface area contributed by atoms with E-state index in [-0.39, 0.29) is 18.5 Å². The molecule has 1 atom stereocenters. The highest BCUT2D eigenvalue weighted by Gasteiger charge is 2.23. The van der Waals surface area contributed by atoms with Crippen LogP contribution in [0.15, 0.2) is 41.8 Å². The largest absolute Gasteiger partial charge is 0.325 e. The topological polar surface area (TPSA) is 74.0 Å². The van der Waals surface area contributed by atoms with Gasteiger partial charge in [0.15, 0.2) is 0 Å². The van der Waals surface area contributed by atoms with Gasteiger partial charge in [-0.05, 0) is 57.0 Å². The van der Waals surface area contributed by atoms with E-state index < -0.39 is 0 Å². The molecule has 4 rings (SSSR count). The van der Waals surface area contributed by atoms with E-state index in [1.165, 1.54) is 4.88 Å². The van der Waals surface area contributed by atoms with Crippen molar-refractivity contribution in [3.8, 4) is 6.07 Å². The zero-order valence-corrected chi connectivity index (χ0v) is 20.2. The molecule has 0 saturated heterocycles. The highest BCUT2D eigenvalue weighted by Crippen LogP contribution is 2.30. The van der Waals surface area contributed by atoms with Gasteiger partial charge < -0.3 is 9.88 Å². The van der Waals surface area contributed by atoms with Gasteiger partial charge >= 0.3 is 0 Å². The number of nitriles is 1. The van der Waals surface area contributed by atoms with Gasteiger partial charge in [-0.2, -0.15) is 5.26 Å². The fraction of sp³-hybridized carbons (Fsp3) is 0.292. The fourth-order valence-electron chi connectivity index (χ4n) is 3.68. The summed E-state index contributed by atoms with van der Waals surface area (Å²) in [6.07, 6.45) is 0. The Bertz CT molecular complexity index is 1260. The maximum Gasteiger partial charge on any atom is 0.239 e. The van der Waals surface area contributed by atoms with Gasteiger partial charge in [0.05, 0.1) is 34.9 Å². The predicted molar refractivity (Wildman–Crippen MR) is 131 cm³/mol. The third kappa shape index (κ3) is 4.32. The standard InChI is InChI=1S/C24H25N5OS2/c1-15-16(2)29(13-18-8-7-11-31-18)23(19(15)12-25)27-22(30)14-28(4)17(3)24-26-20-9-5-6-10-21(20)32-24/h5-11,17H,13-14H2,1-4H3,(H,27,30). The quantitative estimate of drug-likeness (QED) is 0.402. The van der Waals surface area contributed by atoms with Gasteiger partial charge in [-0.15, -0.1) is 22.7 Å². The van der Waals surface area contributed by atoms with E-state index in [0.717, 1.165) is 26.5 Å². The van der Waals surface area contributed by atoms with Crippen LogP contribution in [0.1, 0.15) is 39.7 Å². The summed E-state index contributed by atoms with van der Waals surface area (Å²) in [7, 11) is 1.92. The van der Waals surface area contributed by atoms with E-state index in [0.29, 0.717) is 17.9 Å². The summed E-state index contributed by atoms with van der Waals surface area (Å²) >= 11 is 3.31. The smallest absolute Gasteiger partial charge is 0.239 e. The number of benzene rings is 1. The van der Waals surface area contributed by atoms with E-state index in [1.54, 1.807) is 22.7 Å². The van der Waals surface area contributed by atoms with Crippen molar-refractivity contribution in [2.24, 2.45) is 0 Å². The summed E-state index contributed by atoms with van der Waals surface area (Å²) in [6, 6.07) is 14.4. The summed E-state index contributed by atoms with van der Waals surface area (Å²) in [5, 5.41) is 15.8. The average Bonchev–Trinajstić information content (AvgIpc) is 3.49. The Hall–Kier alpha value is -2.99. The van der Waals surface area contributed by atoms with E-state index in [9.17, 15) is 10.1 Å². The van der Waals surface area contributed by atoms with Crippen molar-refractivity contribution in [2.75, 3.05) is 18.9 Å². The number of fused-ring (bicyclic) bond motifs is 1. The molecule has 4 aromatic rings. The Balaban J connectivity index is 1.52. The third-order valence-electron chi connectivity index (χ3n) is 5.81. The van der Waals surface area contributed by atoms with Crippen LogP contribution >= 0.6 is 22.7 Å². The minimum Gasteiger partial charge on any atom is -0.325 e. The SMILES string of the molecule is Cc1c(C#N)c(NC(=O)CN(C)C(C)c2nc3ccccc3s2)n(Cc2cccs2)c1C. The van der Waals surface area contributed by atoms with Crippen LogP contribution in [0.5, 0.6) is 0 Å². The van der Waals surface area contributed by atoms with Crippen molar-refractivity contribution in [1.29, 1.82) is 5.26 Å². The first-order valence-corrected chi connectivity index (χ1v) is 12.1. The minimum atomic E-state index is -0.151. The molecule has 3 aromatic heterocycles. The predicted octanol–water partition coefficient (Wildman–Crippen LogP) is 5.33. The summed E-state index contributed by atoms with van der Waals surface area (Å²) < 4.78 is 3.16. The molecule has 6 nitrogen and oxygen atoms in total. The molecule has 32 heavy (non-hydrogen) atoms. The van der Waals surface area contributed by atoms with Crippen LogP contribution < -0.4 is 5.32 Å². The first-order valence-electron chi connectivity index (χ1n) is 10.4. The van der Waals surface area contributed by atoms with Gasteiger partial charge in [-0.3, -0.25) is 9.69 Å². The van der Waals surface area contributed by atoms with Crippen molar-refractivity contribution >= 4 is 44.6 Å². The summed E-state index contributed by atoms with van der Waals surface area (Å²) in [5.41, 5.74) is 3.39. The number of anilines is 1. The molecule has 0 aliphatic carbocycles. The van der Waals surface area contributed by atoms with Crippen molar-refractivity contribution < 1.29 is 4.79 Å². The molecule has 8 heteroatoms. The Labute approximate surface area is 195 Å². The van der Waals surface area contributed by atoms with Crippen molar-refractivity contribution in [1.82, 2.24) is 14.5 Å². The van der Waals surface area contributed by atoms with Gasteiger partial charge in [-0.25, -0.2) is 4.98 Å².